The second-order valence-electron chi connectivity index (χ2n) is 10.3. The fourth-order valence-electron chi connectivity index (χ4n) is 4.50. The fourth-order valence-corrected chi connectivity index (χ4v) is 9.28. The number of carbonyl (C=O) groups is 2. The zero-order valence-electron chi connectivity index (χ0n) is 25.7. The van der Waals surface area contributed by atoms with E-state index in [0.717, 1.165) is 67.7 Å². The van der Waals surface area contributed by atoms with Crippen LogP contribution in [0.4, 0.5) is 14.4 Å². The van der Waals surface area contributed by atoms with E-state index in [1.807, 2.05) is 0 Å². The summed E-state index contributed by atoms with van der Waals surface area (Å²) in [5.74, 6) is -3.10. The van der Waals surface area contributed by atoms with Gasteiger partial charge in [-0.3, -0.25) is 8.61 Å². The summed E-state index contributed by atoms with van der Waals surface area (Å²) in [4.78, 5) is 51.0. The number of ether oxygens (including phenoxy) is 2. The van der Waals surface area contributed by atoms with Gasteiger partial charge in [0.05, 0.1) is 26.3 Å². The predicted octanol–water partition coefficient (Wildman–Crippen LogP) is 4.82. The van der Waals surface area contributed by atoms with Crippen LogP contribution in [-0.2, 0) is 24.8 Å². The van der Waals surface area contributed by atoms with Gasteiger partial charge in [-0.2, -0.15) is 0 Å². The minimum Gasteiger partial charge on any atom is -0.497 e. The first-order chi connectivity index (χ1) is 23.6. The summed E-state index contributed by atoms with van der Waals surface area (Å²) in [6, 6.07) is 14.5. The second-order valence-corrected chi connectivity index (χ2v) is 16.3. The first-order valence-corrected chi connectivity index (χ1v) is 18.4. The number of rotatable bonds is 9. The molecule has 0 unspecified atom stereocenters. The molecule has 0 saturated heterocycles. The largest absolute Gasteiger partial charge is 0.497 e. The van der Waals surface area contributed by atoms with Crippen molar-refractivity contribution in [3.05, 3.63) is 111 Å². The lowest BCUT2D eigenvalue weighted by Gasteiger charge is -2.17. The van der Waals surface area contributed by atoms with E-state index in [4.69, 9.17) is 18.3 Å². The van der Waals surface area contributed by atoms with Gasteiger partial charge in [0.15, 0.2) is 11.2 Å². The van der Waals surface area contributed by atoms with Crippen LogP contribution in [-0.4, -0.2) is 50.0 Å². The maximum Gasteiger partial charge on any atom is 0.353 e. The Hall–Kier alpha value is -5.37. The van der Waals surface area contributed by atoms with Crippen molar-refractivity contribution in [1.82, 2.24) is 0 Å². The van der Waals surface area contributed by atoms with Crippen molar-refractivity contribution in [2.24, 2.45) is 0 Å². The number of benzene rings is 2. The Kier molecular flexibility index (Phi) is 8.85. The second kappa shape index (κ2) is 12.8. The third kappa shape index (κ3) is 6.26. The molecule has 0 aliphatic heterocycles. The number of fused-ring (bicyclic) bond motifs is 2. The van der Waals surface area contributed by atoms with Crippen molar-refractivity contribution in [3.8, 4) is 5.75 Å². The minimum absolute atomic E-state index is 0.0361. The van der Waals surface area contributed by atoms with Gasteiger partial charge in [0, 0.05) is 26.2 Å². The van der Waals surface area contributed by atoms with Crippen molar-refractivity contribution >= 4 is 85.2 Å². The normalized spacial score (nSPS) is 11.8. The maximum absolute atomic E-state index is 13.3. The summed E-state index contributed by atoms with van der Waals surface area (Å²) >= 11 is 1.70. The smallest absolute Gasteiger partial charge is 0.353 e. The molecule has 0 aliphatic carbocycles. The lowest BCUT2D eigenvalue weighted by molar-refractivity contribution is 0.0392. The Morgan fingerprint density at radius 1 is 0.680 bits per heavy atom. The van der Waals surface area contributed by atoms with Crippen LogP contribution in [0, 0.1) is 5.82 Å². The standard InChI is InChI=1S/C31H21FN2O12S4/c1-33(49(39,40)18-8-4-16(32)5-9-18)26-14-22-24(47-26)12-20(28(35)44-22)30(37)46-31(38)21-13-25-23(45-29(21)36)15-27(48-25)34(2)50(41,42)19-10-6-17(43-3)7-11-19/h4-15H,1-3H3. The zero-order valence-corrected chi connectivity index (χ0v) is 29.0. The van der Waals surface area contributed by atoms with Gasteiger partial charge in [-0.1, -0.05) is 0 Å². The van der Waals surface area contributed by atoms with Crippen LogP contribution < -0.4 is 24.6 Å². The Morgan fingerprint density at radius 2 is 1.08 bits per heavy atom. The topological polar surface area (TPSA) is 188 Å². The first kappa shape index (κ1) is 34.5. The summed E-state index contributed by atoms with van der Waals surface area (Å²) in [5.41, 5.74) is -3.96. The summed E-state index contributed by atoms with van der Waals surface area (Å²) in [6.45, 7) is 0. The number of sulfonamides is 2. The Morgan fingerprint density at radius 3 is 1.48 bits per heavy atom. The monoisotopic (exact) mass is 760 g/mol. The molecule has 0 fully saturated rings. The predicted molar refractivity (Wildman–Crippen MR) is 181 cm³/mol. The molecule has 2 aromatic carbocycles. The van der Waals surface area contributed by atoms with Crippen molar-refractivity contribution in [2.75, 3.05) is 29.8 Å². The number of esters is 2. The van der Waals surface area contributed by atoms with Gasteiger partial charge >= 0.3 is 23.2 Å². The highest BCUT2D eigenvalue weighted by molar-refractivity contribution is 7.93. The van der Waals surface area contributed by atoms with Crippen LogP contribution in [0.2, 0.25) is 0 Å². The summed E-state index contributed by atoms with van der Waals surface area (Å²) in [7, 11) is -4.23. The Bertz CT molecular complexity index is 2660. The number of carbonyl (C=O) groups excluding carboxylic acids is 2. The van der Waals surface area contributed by atoms with E-state index < -0.39 is 60.2 Å². The number of anilines is 2. The van der Waals surface area contributed by atoms with Gasteiger partial charge in [-0.15, -0.1) is 22.7 Å². The van der Waals surface area contributed by atoms with Crippen LogP contribution in [0.25, 0.3) is 20.6 Å². The average Bonchev–Trinajstić information content (AvgIpc) is 3.70. The zero-order chi connectivity index (χ0) is 36.1. The number of halogens is 1. The van der Waals surface area contributed by atoms with E-state index in [9.17, 15) is 40.4 Å². The summed E-state index contributed by atoms with van der Waals surface area (Å²) < 4.78 is 88.1. The molecular weight excluding hydrogens is 740 g/mol. The SMILES string of the molecule is COc1ccc(S(=O)(=O)N(C)c2cc3oc(=O)c(C(=O)OC(=O)c4cc5sc(N(C)S(=O)(=O)c6ccc(F)cc6)cc5oc4=O)cc3s2)cc1. The molecule has 19 heteroatoms. The molecule has 4 heterocycles. The first-order valence-electron chi connectivity index (χ1n) is 13.9. The van der Waals surface area contributed by atoms with E-state index in [2.05, 4.69) is 0 Å². The van der Waals surface area contributed by atoms with Gasteiger partial charge < -0.3 is 18.3 Å². The quantitative estimate of drug-likeness (QED) is 0.145. The lowest BCUT2D eigenvalue weighted by atomic mass is 10.2. The molecule has 6 aromatic rings. The Balaban J connectivity index is 1.23. The highest BCUT2D eigenvalue weighted by Crippen LogP contribution is 2.36. The number of nitrogens with zero attached hydrogens (tertiary/aromatic N) is 2. The van der Waals surface area contributed by atoms with Crippen LogP contribution in [0.1, 0.15) is 20.7 Å². The number of methoxy groups -OCH3 is 1. The molecule has 258 valence electrons. The van der Waals surface area contributed by atoms with E-state index in [-0.39, 0.29) is 40.4 Å². The molecule has 0 spiro atoms. The minimum atomic E-state index is -4.14. The third-order valence-electron chi connectivity index (χ3n) is 7.26. The maximum atomic E-state index is 13.3. The van der Waals surface area contributed by atoms with E-state index in [0.29, 0.717) is 5.75 Å². The molecule has 4 aromatic heterocycles. The summed E-state index contributed by atoms with van der Waals surface area (Å²) in [5, 5.41) is 0.218. The average molecular weight is 761 g/mol. The van der Waals surface area contributed by atoms with E-state index in [1.54, 1.807) is 0 Å². The summed E-state index contributed by atoms with van der Waals surface area (Å²) in [6.07, 6.45) is 0. The van der Waals surface area contributed by atoms with Crippen LogP contribution in [0.15, 0.2) is 101 Å². The van der Waals surface area contributed by atoms with Crippen LogP contribution in [0.3, 0.4) is 0 Å². The highest BCUT2D eigenvalue weighted by Gasteiger charge is 2.28. The van der Waals surface area contributed by atoms with E-state index >= 15 is 0 Å². The van der Waals surface area contributed by atoms with E-state index in [1.165, 1.54) is 57.6 Å². The van der Waals surface area contributed by atoms with Crippen LogP contribution in [0.5, 0.6) is 5.75 Å². The third-order valence-corrected chi connectivity index (χ3v) is 13.3. The van der Waals surface area contributed by atoms with Crippen molar-refractivity contribution in [3.63, 3.8) is 0 Å². The van der Waals surface area contributed by atoms with Gasteiger partial charge in [0.1, 0.15) is 32.7 Å². The molecule has 0 aliphatic rings. The van der Waals surface area contributed by atoms with Crippen LogP contribution >= 0.6 is 22.7 Å². The molecule has 14 nitrogen and oxygen atoms in total. The molecule has 6 rings (SSSR count). The Labute approximate surface area is 289 Å². The fraction of sp³-hybridized carbons (Fsp3) is 0.0968. The molecule has 50 heavy (non-hydrogen) atoms. The molecule has 0 bridgehead atoms. The van der Waals surface area contributed by atoms with Gasteiger partial charge in [-0.05, 0) is 60.7 Å². The molecule has 0 saturated carbocycles. The van der Waals surface area contributed by atoms with Gasteiger partial charge in [0.25, 0.3) is 20.0 Å². The molecule has 0 radical (unpaired) electrons. The van der Waals surface area contributed by atoms with Crippen molar-refractivity contribution in [1.29, 1.82) is 0 Å². The van der Waals surface area contributed by atoms with Crippen molar-refractivity contribution < 1.29 is 49.1 Å². The highest BCUT2D eigenvalue weighted by atomic mass is 32.2. The molecule has 0 amide bonds. The molecule has 0 atom stereocenters. The number of thiophene rings is 2. The molecular formula is C31H21FN2O12S4. The van der Waals surface area contributed by atoms with Gasteiger partial charge in [-0.25, -0.2) is 40.4 Å². The number of hydrogen-bond donors (Lipinski definition) is 0. The van der Waals surface area contributed by atoms with Gasteiger partial charge in [0.2, 0.25) is 0 Å². The molecule has 0 N–H and O–H groups in total. The lowest BCUT2D eigenvalue weighted by Crippen LogP contribution is -2.25. The number of hydrogen-bond acceptors (Lipinski definition) is 14. The van der Waals surface area contributed by atoms with Crippen molar-refractivity contribution in [2.45, 2.75) is 9.79 Å².